The van der Waals surface area contributed by atoms with Crippen molar-refractivity contribution in [2.45, 2.75) is 18.9 Å². The predicted octanol–water partition coefficient (Wildman–Crippen LogP) is 2.05. The SMILES string of the molecule is NC(=O)CC[C@H](NC(=O)c1cc(Cl)cc(Cl)c1I)C(=O)O. The van der Waals surface area contributed by atoms with E-state index in [0.29, 0.717) is 3.57 Å². The fourth-order valence-electron chi connectivity index (χ4n) is 1.50. The van der Waals surface area contributed by atoms with E-state index in [2.05, 4.69) is 5.32 Å². The van der Waals surface area contributed by atoms with Crippen LogP contribution >= 0.6 is 45.8 Å². The highest BCUT2D eigenvalue weighted by Gasteiger charge is 2.23. The van der Waals surface area contributed by atoms with E-state index >= 15 is 0 Å². The highest BCUT2D eigenvalue weighted by Crippen LogP contribution is 2.26. The van der Waals surface area contributed by atoms with Crippen molar-refractivity contribution in [2.24, 2.45) is 5.73 Å². The first-order valence-corrected chi connectivity index (χ1v) is 7.52. The number of amides is 2. The maximum absolute atomic E-state index is 12.1. The quantitative estimate of drug-likeness (QED) is 0.460. The van der Waals surface area contributed by atoms with Crippen LogP contribution in [-0.2, 0) is 9.59 Å². The van der Waals surface area contributed by atoms with Crippen LogP contribution in [0.2, 0.25) is 10.0 Å². The number of carbonyl (C=O) groups is 3. The number of halogens is 3. The van der Waals surface area contributed by atoms with E-state index in [1.54, 1.807) is 0 Å². The summed E-state index contributed by atoms with van der Waals surface area (Å²) >= 11 is 13.6. The van der Waals surface area contributed by atoms with Crippen molar-refractivity contribution in [3.63, 3.8) is 0 Å². The lowest BCUT2D eigenvalue weighted by atomic mass is 10.1. The Hall–Kier alpha value is -1.06. The largest absolute Gasteiger partial charge is 0.480 e. The Morgan fingerprint density at radius 3 is 2.48 bits per heavy atom. The number of benzene rings is 1. The molecule has 1 atom stereocenters. The predicted molar refractivity (Wildman–Crippen MR) is 86.5 cm³/mol. The van der Waals surface area contributed by atoms with Crippen LogP contribution in [0, 0.1) is 3.57 Å². The standard InChI is InChI=1S/C12H11Cl2IN2O4/c13-5-3-6(10(15)7(14)4-5)11(19)17-8(12(20)21)1-2-9(16)18/h3-4,8H,1-2H2,(H2,16,18)(H,17,19)(H,20,21)/t8-/m0/s1. The van der Waals surface area contributed by atoms with E-state index in [1.807, 2.05) is 22.6 Å². The summed E-state index contributed by atoms with van der Waals surface area (Å²) in [7, 11) is 0. The normalized spacial score (nSPS) is 11.8. The molecule has 0 saturated carbocycles. The zero-order chi connectivity index (χ0) is 16.2. The van der Waals surface area contributed by atoms with E-state index in [4.69, 9.17) is 34.0 Å². The van der Waals surface area contributed by atoms with Gasteiger partial charge >= 0.3 is 5.97 Å². The van der Waals surface area contributed by atoms with Gasteiger partial charge in [0.05, 0.1) is 10.6 Å². The van der Waals surface area contributed by atoms with Gasteiger partial charge in [0.2, 0.25) is 5.91 Å². The van der Waals surface area contributed by atoms with E-state index in [9.17, 15) is 14.4 Å². The van der Waals surface area contributed by atoms with Gasteiger partial charge in [-0.25, -0.2) is 4.79 Å². The summed E-state index contributed by atoms with van der Waals surface area (Å²) in [5.74, 6) is -2.54. The number of carbonyl (C=O) groups excluding carboxylic acids is 2. The van der Waals surface area contributed by atoms with Gasteiger partial charge in [0, 0.05) is 15.0 Å². The molecule has 21 heavy (non-hydrogen) atoms. The van der Waals surface area contributed by atoms with Gasteiger partial charge in [-0.3, -0.25) is 9.59 Å². The zero-order valence-electron chi connectivity index (χ0n) is 10.5. The molecule has 114 valence electrons. The van der Waals surface area contributed by atoms with Gasteiger partial charge in [0.1, 0.15) is 6.04 Å². The Balaban J connectivity index is 2.92. The molecule has 0 aliphatic carbocycles. The van der Waals surface area contributed by atoms with E-state index in [1.165, 1.54) is 12.1 Å². The van der Waals surface area contributed by atoms with Crippen LogP contribution in [0.25, 0.3) is 0 Å². The molecule has 0 aromatic heterocycles. The molecule has 2 amide bonds. The van der Waals surface area contributed by atoms with E-state index < -0.39 is 23.8 Å². The summed E-state index contributed by atoms with van der Waals surface area (Å²) in [4.78, 5) is 33.9. The monoisotopic (exact) mass is 444 g/mol. The maximum Gasteiger partial charge on any atom is 0.326 e. The van der Waals surface area contributed by atoms with Crippen molar-refractivity contribution in [1.82, 2.24) is 5.32 Å². The second-order valence-corrected chi connectivity index (χ2v) is 6.04. The number of nitrogens with two attached hydrogens (primary N) is 1. The number of carboxylic acids is 1. The number of nitrogens with one attached hydrogen (secondary N) is 1. The molecule has 0 spiro atoms. The Kier molecular flexibility index (Phi) is 6.69. The lowest BCUT2D eigenvalue weighted by Crippen LogP contribution is -2.41. The van der Waals surface area contributed by atoms with Gasteiger partial charge in [-0.15, -0.1) is 0 Å². The van der Waals surface area contributed by atoms with E-state index in [0.717, 1.165) is 0 Å². The molecular formula is C12H11Cl2IN2O4. The molecule has 0 unspecified atom stereocenters. The number of carboxylic acid groups (broad SMARTS) is 1. The van der Waals surface area contributed by atoms with Crippen LogP contribution in [-0.4, -0.2) is 28.9 Å². The summed E-state index contributed by atoms with van der Waals surface area (Å²) in [6.45, 7) is 0. The molecule has 0 heterocycles. The Morgan fingerprint density at radius 2 is 1.95 bits per heavy atom. The number of hydrogen-bond donors (Lipinski definition) is 3. The van der Waals surface area contributed by atoms with Crippen molar-refractivity contribution in [3.8, 4) is 0 Å². The van der Waals surface area contributed by atoms with Crippen molar-refractivity contribution in [1.29, 1.82) is 0 Å². The summed E-state index contributed by atoms with van der Waals surface area (Å²) in [6, 6.07) is 1.64. The van der Waals surface area contributed by atoms with Gasteiger partial charge in [-0.2, -0.15) is 0 Å². The Labute approximate surface area is 144 Å². The molecule has 6 nitrogen and oxygen atoms in total. The molecule has 0 bridgehead atoms. The summed E-state index contributed by atoms with van der Waals surface area (Å²) < 4.78 is 0.454. The molecule has 0 aliphatic rings. The van der Waals surface area contributed by atoms with Crippen molar-refractivity contribution in [3.05, 3.63) is 31.3 Å². The number of rotatable bonds is 6. The topological polar surface area (TPSA) is 109 Å². The van der Waals surface area contributed by atoms with Crippen LogP contribution in [0.3, 0.4) is 0 Å². The Bertz CT molecular complexity index is 595. The maximum atomic E-state index is 12.1. The minimum absolute atomic E-state index is 0.0959. The summed E-state index contributed by atoms with van der Waals surface area (Å²) in [5, 5.41) is 11.9. The van der Waals surface area contributed by atoms with Gasteiger partial charge < -0.3 is 16.2 Å². The highest BCUT2D eigenvalue weighted by atomic mass is 127. The van der Waals surface area contributed by atoms with Crippen LogP contribution in [0.1, 0.15) is 23.2 Å². The fraction of sp³-hybridized carbons (Fsp3) is 0.250. The van der Waals surface area contributed by atoms with Crippen molar-refractivity contribution >= 4 is 63.6 Å². The molecule has 9 heteroatoms. The van der Waals surface area contributed by atoms with Gasteiger partial charge in [0.15, 0.2) is 0 Å². The third-order valence-electron chi connectivity index (χ3n) is 2.52. The third-order valence-corrected chi connectivity index (χ3v) is 4.52. The first-order chi connectivity index (χ1) is 9.72. The van der Waals surface area contributed by atoms with Crippen molar-refractivity contribution < 1.29 is 19.5 Å². The third kappa shape index (κ3) is 5.33. The molecule has 1 aromatic carbocycles. The van der Waals surface area contributed by atoms with Crippen molar-refractivity contribution in [2.75, 3.05) is 0 Å². The summed E-state index contributed by atoms with van der Waals surface area (Å²) in [5.41, 5.74) is 5.13. The van der Waals surface area contributed by atoms with Crippen LogP contribution in [0.5, 0.6) is 0 Å². The van der Waals surface area contributed by atoms with Crippen LogP contribution in [0.15, 0.2) is 12.1 Å². The molecule has 0 saturated heterocycles. The molecule has 1 rings (SSSR count). The molecule has 0 aliphatic heterocycles. The lowest BCUT2D eigenvalue weighted by molar-refractivity contribution is -0.139. The van der Waals surface area contributed by atoms with Gasteiger partial charge in [0.25, 0.3) is 5.91 Å². The lowest BCUT2D eigenvalue weighted by Gasteiger charge is -2.15. The number of primary amides is 1. The highest BCUT2D eigenvalue weighted by molar-refractivity contribution is 14.1. The molecule has 0 fully saturated rings. The minimum Gasteiger partial charge on any atom is -0.480 e. The van der Waals surface area contributed by atoms with Gasteiger partial charge in [-0.1, -0.05) is 23.2 Å². The number of hydrogen-bond acceptors (Lipinski definition) is 3. The smallest absolute Gasteiger partial charge is 0.326 e. The molecular weight excluding hydrogens is 434 g/mol. The van der Waals surface area contributed by atoms with E-state index in [-0.39, 0.29) is 28.5 Å². The molecule has 4 N–H and O–H groups in total. The fourth-order valence-corrected chi connectivity index (χ4v) is 2.55. The summed E-state index contributed by atoms with van der Waals surface area (Å²) in [6.07, 6.45) is -0.244. The Morgan fingerprint density at radius 1 is 1.33 bits per heavy atom. The van der Waals surface area contributed by atoms with Crippen LogP contribution < -0.4 is 11.1 Å². The minimum atomic E-state index is -1.26. The van der Waals surface area contributed by atoms with Gasteiger partial charge in [-0.05, 0) is 41.1 Å². The first kappa shape index (κ1) is 18.0. The number of aliphatic carboxylic acids is 1. The molecule has 1 aromatic rings. The second-order valence-electron chi connectivity index (χ2n) is 4.12. The first-order valence-electron chi connectivity index (χ1n) is 5.69. The zero-order valence-corrected chi connectivity index (χ0v) is 14.2. The molecule has 0 radical (unpaired) electrons. The second kappa shape index (κ2) is 7.81. The van der Waals surface area contributed by atoms with Crippen LogP contribution in [0.4, 0.5) is 0 Å². The average Bonchev–Trinajstić information content (AvgIpc) is 2.37. The average molecular weight is 445 g/mol.